The van der Waals surface area contributed by atoms with Gasteiger partial charge in [-0.05, 0) is 59.4 Å². The van der Waals surface area contributed by atoms with Gasteiger partial charge in [-0.2, -0.15) is 5.26 Å². The summed E-state index contributed by atoms with van der Waals surface area (Å²) in [6.45, 7) is 2.30. The second-order valence-electron chi connectivity index (χ2n) is 6.76. The van der Waals surface area contributed by atoms with Crippen LogP contribution in [0.5, 0.6) is 0 Å². The molecular formula is C22H19F2N. The van der Waals surface area contributed by atoms with Crippen LogP contribution < -0.4 is 0 Å². The molecular weight excluding hydrogens is 316 g/mol. The summed E-state index contributed by atoms with van der Waals surface area (Å²) in [5.74, 6) is 4.13. The molecule has 1 nitrogen and oxygen atoms in total. The van der Waals surface area contributed by atoms with Crippen LogP contribution in [0, 0.1) is 40.7 Å². The highest BCUT2D eigenvalue weighted by Crippen LogP contribution is 2.36. The van der Waals surface area contributed by atoms with Crippen LogP contribution in [0.15, 0.2) is 36.4 Å². The summed E-state index contributed by atoms with van der Waals surface area (Å²) in [4.78, 5) is 0. The van der Waals surface area contributed by atoms with Crippen molar-refractivity contribution >= 4 is 0 Å². The van der Waals surface area contributed by atoms with Crippen molar-refractivity contribution in [1.82, 2.24) is 0 Å². The highest BCUT2D eigenvalue weighted by molar-refractivity contribution is 5.65. The van der Waals surface area contributed by atoms with E-state index in [4.69, 9.17) is 5.26 Å². The minimum absolute atomic E-state index is 0.363. The van der Waals surface area contributed by atoms with Gasteiger partial charge in [0.25, 0.3) is 0 Å². The molecule has 0 unspecified atom stereocenters. The van der Waals surface area contributed by atoms with Gasteiger partial charge in [-0.25, -0.2) is 8.78 Å². The van der Waals surface area contributed by atoms with E-state index in [1.807, 2.05) is 18.1 Å². The fourth-order valence-electron chi connectivity index (χ4n) is 3.49. The first-order valence-electron chi connectivity index (χ1n) is 8.58. The minimum Gasteiger partial charge on any atom is -0.205 e. The molecule has 0 aliphatic heterocycles. The first kappa shape index (κ1) is 17.2. The van der Waals surface area contributed by atoms with Gasteiger partial charge in [0.05, 0.1) is 5.56 Å². The predicted molar refractivity (Wildman–Crippen MR) is 94.7 cm³/mol. The SMILES string of the molecule is CC1CCC(c2ccc(-c3cc(F)c(C#CC#N)c(F)c3)cc2)CC1. The van der Waals surface area contributed by atoms with Crippen molar-refractivity contribution in [2.45, 2.75) is 38.5 Å². The molecule has 0 bridgehead atoms. The lowest BCUT2D eigenvalue weighted by molar-refractivity contribution is 0.348. The molecule has 0 atom stereocenters. The van der Waals surface area contributed by atoms with Gasteiger partial charge in [-0.15, -0.1) is 0 Å². The maximum Gasteiger partial charge on any atom is 0.152 e. The van der Waals surface area contributed by atoms with Crippen LogP contribution in [-0.2, 0) is 0 Å². The molecule has 0 N–H and O–H groups in total. The van der Waals surface area contributed by atoms with Crippen LogP contribution in [-0.4, -0.2) is 0 Å². The number of nitriles is 1. The highest BCUT2D eigenvalue weighted by atomic mass is 19.1. The second kappa shape index (κ2) is 7.49. The summed E-state index contributed by atoms with van der Waals surface area (Å²) >= 11 is 0. The Morgan fingerprint density at radius 3 is 2.08 bits per heavy atom. The number of hydrogen-bond donors (Lipinski definition) is 0. The van der Waals surface area contributed by atoms with E-state index in [0.717, 1.165) is 11.5 Å². The van der Waals surface area contributed by atoms with E-state index in [9.17, 15) is 8.78 Å². The predicted octanol–water partition coefficient (Wildman–Crippen LogP) is 5.80. The number of benzene rings is 2. The Labute approximate surface area is 147 Å². The van der Waals surface area contributed by atoms with Gasteiger partial charge in [0.1, 0.15) is 11.6 Å². The fourth-order valence-corrected chi connectivity index (χ4v) is 3.49. The van der Waals surface area contributed by atoms with Crippen LogP contribution in [0.1, 0.15) is 49.7 Å². The molecule has 2 aromatic carbocycles. The van der Waals surface area contributed by atoms with Gasteiger partial charge in [0.2, 0.25) is 0 Å². The molecule has 3 heteroatoms. The zero-order valence-corrected chi connectivity index (χ0v) is 14.2. The van der Waals surface area contributed by atoms with E-state index in [1.165, 1.54) is 43.4 Å². The monoisotopic (exact) mass is 335 g/mol. The molecule has 2 aromatic rings. The Kier molecular flexibility index (Phi) is 5.15. The zero-order chi connectivity index (χ0) is 17.8. The summed E-state index contributed by atoms with van der Waals surface area (Å²) in [5.41, 5.74) is 2.18. The number of rotatable bonds is 2. The van der Waals surface area contributed by atoms with E-state index < -0.39 is 11.6 Å². The van der Waals surface area contributed by atoms with Crippen LogP contribution in [0.4, 0.5) is 8.78 Å². The first-order valence-corrected chi connectivity index (χ1v) is 8.58. The molecule has 25 heavy (non-hydrogen) atoms. The van der Waals surface area contributed by atoms with Crippen LogP contribution in [0.25, 0.3) is 11.1 Å². The molecule has 0 heterocycles. The van der Waals surface area contributed by atoms with Gasteiger partial charge in [-0.1, -0.05) is 44.0 Å². The Morgan fingerprint density at radius 2 is 1.52 bits per heavy atom. The van der Waals surface area contributed by atoms with Gasteiger partial charge in [0, 0.05) is 5.92 Å². The molecule has 0 saturated heterocycles. The van der Waals surface area contributed by atoms with Gasteiger partial charge in [-0.3, -0.25) is 0 Å². The second-order valence-corrected chi connectivity index (χ2v) is 6.76. The number of hydrogen-bond acceptors (Lipinski definition) is 1. The minimum atomic E-state index is -0.747. The molecule has 0 amide bonds. The van der Waals surface area contributed by atoms with Crippen LogP contribution in [0.3, 0.4) is 0 Å². The van der Waals surface area contributed by atoms with Gasteiger partial charge in [0.15, 0.2) is 6.07 Å². The molecule has 3 rings (SSSR count). The van der Waals surface area contributed by atoms with Crippen molar-refractivity contribution < 1.29 is 8.78 Å². The van der Waals surface area contributed by atoms with E-state index >= 15 is 0 Å². The van der Waals surface area contributed by atoms with E-state index in [-0.39, 0.29) is 5.56 Å². The molecule has 0 spiro atoms. The molecule has 0 radical (unpaired) electrons. The standard InChI is InChI=1S/C22H19F2N/c1-15-4-6-16(7-5-15)17-8-10-18(11-9-17)19-13-21(23)20(3-2-12-25)22(24)14-19/h8-11,13-16H,4-7H2,1H3. The topological polar surface area (TPSA) is 23.8 Å². The van der Waals surface area contributed by atoms with Gasteiger partial charge < -0.3 is 0 Å². The van der Waals surface area contributed by atoms with Crippen molar-refractivity contribution in [2.75, 3.05) is 0 Å². The molecule has 1 aliphatic rings. The lowest BCUT2D eigenvalue weighted by Crippen LogP contribution is -2.10. The fraction of sp³-hybridized carbons (Fsp3) is 0.318. The molecule has 1 aliphatic carbocycles. The third-order valence-electron chi connectivity index (χ3n) is 5.02. The third kappa shape index (κ3) is 3.89. The summed E-state index contributed by atoms with van der Waals surface area (Å²) in [6, 6.07) is 12.1. The average Bonchev–Trinajstić information content (AvgIpc) is 2.62. The zero-order valence-electron chi connectivity index (χ0n) is 14.2. The van der Waals surface area contributed by atoms with Crippen molar-refractivity contribution in [1.29, 1.82) is 5.26 Å². The van der Waals surface area contributed by atoms with Crippen LogP contribution in [0.2, 0.25) is 0 Å². The van der Waals surface area contributed by atoms with Gasteiger partial charge >= 0.3 is 0 Å². The lowest BCUT2D eigenvalue weighted by Gasteiger charge is -2.26. The Hall–Kier alpha value is -2.65. The van der Waals surface area contributed by atoms with Crippen LogP contribution >= 0.6 is 0 Å². The maximum atomic E-state index is 14.1. The molecule has 0 aromatic heterocycles. The summed E-state index contributed by atoms with van der Waals surface area (Å²) < 4.78 is 28.1. The lowest BCUT2D eigenvalue weighted by atomic mass is 9.79. The quantitative estimate of drug-likeness (QED) is 0.636. The summed E-state index contributed by atoms with van der Waals surface area (Å²) in [7, 11) is 0. The number of nitrogens with zero attached hydrogens (tertiary/aromatic N) is 1. The van der Waals surface area contributed by atoms with Crippen molar-refractivity contribution in [3.8, 4) is 29.0 Å². The smallest absolute Gasteiger partial charge is 0.152 e. The van der Waals surface area contributed by atoms with E-state index in [2.05, 4.69) is 25.0 Å². The van der Waals surface area contributed by atoms with E-state index in [0.29, 0.717) is 11.5 Å². The third-order valence-corrected chi connectivity index (χ3v) is 5.02. The normalized spacial score (nSPS) is 19.6. The average molecular weight is 335 g/mol. The Bertz CT molecular complexity index is 835. The van der Waals surface area contributed by atoms with Crippen molar-refractivity contribution in [3.63, 3.8) is 0 Å². The Morgan fingerprint density at radius 1 is 0.920 bits per heavy atom. The molecule has 126 valence electrons. The largest absolute Gasteiger partial charge is 0.205 e. The maximum absolute atomic E-state index is 14.1. The highest BCUT2D eigenvalue weighted by Gasteiger charge is 2.19. The Balaban J connectivity index is 1.84. The summed E-state index contributed by atoms with van der Waals surface area (Å²) in [6.07, 6.45) is 4.92. The van der Waals surface area contributed by atoms with Crippen molar-refractivity contribution in [2.24, 2.45) is 5.92 Å². The molecule has 1 saturated carbocycles. The molecule has 1 fully saturated rings. The van der Waals surface area contributed by atoms with Crippen molar-refractivity contribution in [3.05, 3.63) is 59.2 Å². The number of halogens is 2. The summed E-state index contributed by atoms with van der Waals surface area (Å²) in [5, 5.41) is 8.42. The van der Waals surface area contributed by atoms with E-state index in [1.54, 1.807) is 6.07 Å². The first-order chi connectivity index (χ1) is 12.1.